The van der Waals surface area contributed by atoms with E-state index in [1.165, 1.54) is 29.7 Å². The lowest BCUT2D eigenvalue weighted by atomic mass is 10.1. The lowest BCUT2D eigenvalue weighted by molar-refractivity contribution is 0.0944. The summed E-state index contributed by atoms with van der Waals surface area (Å²) in [7, 11) is 0. The lowest BCUT2D eigenvalue weighted by Crippen LogP contribution is -2.39. The predicted molar refractivity (Wildman–Crippen MR) is 104 cm³/mol. The smallest absolute Gasteiger partial charge is 0.263 e. The molecular formula is C20H27N3OS. The van der Waals surface area contributed by atoms with Crippen molar-refractivity contribution in [1.29, 1.82) is 0 Å². The maximum atomic E-state index is 12.6. The standard InChI is InChI=1S/C20H27N3OS/c1-4-15-8-10-16(11-9-15)20-22-14(3)18(25-20)19(24)21-13-17-7-6-12-23(17)5-2/h8-11,17H,4-7,12-13H2,1-3H3,(H,21,24). The third kappa shape index (κ3) is 4.10. The first kappa shape index (κ1) is 18.1. The number of aryl methyl sites for hydroxylation is 2. The SMILES string of the molecule is CCc1ccc(-c2nc(C)c(C(=O)NCC3CCCN3CC)s2)cc1. The third-order valence-corrected chi connectivity index (χ3v) is 6.22. The number of aromatic nitrogens is 1. The molecule has 1 aliphatic heterocycles. The summed E-state index contributed by atoms with van der Waals surface area (Å²) in [6.07, 6.45) is 3.43. The van der Waals surface area contributed by atoms with Gasteiger partial charge in [0.05, 0.1) is 5.69 Å². The number of rotatable bonds is 6. The van der Waals surface area contributed by atoms with Gasteiger partial charge in [-0.2, -0.15) is 0 Å². The number of nitrogens with zero attached hydrogens (tertiary/aromatic N) is 2. The molecule has 1 aliphatic rings. The van der Waals surface area contributed by atoms with E-state index >= 15 is 0 Å². The van der Waals surface area contributed by atoms with Gasteiger partial charge in [0.15, 0.2) is 0 Å². The van der Waals surface area contributed by atoms with Crippen molar-refractivity contribution >= 4 is 17.2 Å². The van der Waals surface area contributed by atoms with Gasteiger partial charge >= 0.3 is 0 Å². The summed E-state index contributed by atoms with van der Waals surface area (Å²) in [6, 6.07) is 8.92. The van der Waals surface area contributed by atoms with E-state index in [9.17, 15) is 4.79 Å². The van der Waals surface area contributed by atoms with Crippen molar-refractivity contribution < 1.29 is 4.79 Å². The molecule has 1 aromatic heterocycles. The van der Waals surface area contributed by atoms with Crippen LogP contribution in [0.15, 0.2) is 24.3 Å². The van der Waals surface area contributed by atoms with Crippen molar-refractivity contribution in [2.45, 2.75) is 46.1 Å². The number of likely N-dealkylation sites (tertiary alicyclic amines) is 1. The van der Waals surface area contributed by atoms with Crippen LogP contribution in [0, 0.1) is 6.92 Å². The molecule has 1 fully saturated rings. The van der Waals surface area contributed by atoms with Crippen LogP contribution in [0.3, 0.4) is 0 Å². The van der Waals surface area contributed by atoms with Crippen LogP contribution in [0.25, 0.3) is 10.6 Å². The molecule has 1 N–H and O–H groups in total. The average Bonchev–Trinajstić information content (AvgIpc) is 3.25. The Morgan fingerprint density at radius 3 is 2.76 bits per heavy atom. The van der Waals surface area contributed by atoms with E-state index in [1.807, 2.05) is 6.92 Å². The molecular weight excluding hydrogens is 330 g/mol. The zero-order valence-corrected chi connectivity index (χ0v) is 16.2. The highest BCUT2D eigenvalue weighted by molar-refractivity contribution is 7.17. The first-order valence-electron chi connectivity index (χ1n) is 9.21. The molecule has 1 saturated heterocycles. The highest BCUT2D eigenvalue weighted by Gasteiger charge is 2.24. The Hall–Kier alpha value is -1.72. The van der Waals surface area contributed by atoms with Gasteiger partial charge in [-0.1, -0.05) is 38.1 Å². The summed E-state index contributed by atoms with van der Waals surface area (Å²) < 4.78 is 0. The Morgan fingerprint density at radius 1 is 1.32 bits per heavy atom. The number of benzene rings is 1. The molecule has 1 unspecified atom stereocenters. The van der Waals surface area contributed by atoms with E-state index in [-0.39, 0.29) is 5.91 Å². The fourth-order valence-corrected chi connectivity index (χ4v) is 4.44. The average molecular weight is 358 g/mol. The van der Waals surface area contributed by atoms with Crippen LogP contribution >= 0.6 is 11.3 Å². The number of thiazole rings is 1. The van der Waals surface area contributed by atoms with E-state index in [0.29, 0.717) is 6.04 Å². The van der Waals surface area contributed by atoms with Crippen LogP contribution < -0.4 is 5.32 Å². The molecule has 134 valence electrons. The summed E-state index contributed by atoms with van der Waals surface area (Å²) in [5.74, 6) is 0.00869. The number of likely N-dealkylation sites (N-methyl/N-ethyl adjacent to an activating group) is 1. The Bertz CT molecular complexity index is 723. The minimum atomic E-state index is 0.00869. The molecule has 2 aromatic rings. The highest BCUT2D eigenvalue weighted by atomic mass is 32.1. The molecule has 4 nitrogen and oxygen atoms in total. The molecule has 0 spiro atoms. The van der Waals surface area contributed by atoms with Crippen molar-refractivity contribution in [2.24, 2.45) is 0 Å². The van der Waals surface area contributed by atoms with Crippen LogP contribution in [0.2, 0.25) is 0 Å². The summed E-state index contributed by atoms with van der Waals surface area (Å²) in [5, 5.41) is 4.04. The van der Waals surface area contributed by atoms with Crippen molar-refractivity contribution in [3.63, 3.8) is 0 Å². The summed E-state index contributed by atoms with van der Waals surface area (Å²) >= 11 is 1.49. The van der Waals surface area contributed by atoms with Crippen LogP contribution in [-0.2, 0) is 6.42 Å². The number of carbonyl (C=O) groups is 1. The van der Waals surface area contributed by atoms with Gasteiger partial charge in [0.2, 0.25) is 0 Å². The molecule has 1 aromatic carbocycles. The highest BCUT2D eigenvalue weighted by Crippen LogP contribution is 2.28. The van der Waals surface area contributed by atoms with E-state index in [1.54, 1.807) is 0 Å². The molecule has 0 aliphatic carbocycles. The first-order valence-corrected chi connectivity index (χ1v) is 10.0. The molecule has 3 rings (SSSR count). The van der Waals surface area contributed by atoms with Crippen LogP contribution in [-0.4, -0.2) is 41.5 Å². The largest absolute Gasteiger partial charge is 0.350 e. The summed E-state index contributed by atoms with van der Waals surface area (Å²) in [4.78, 5) is 20.4. The van der Waals surface area contributed by atoms with Gasteiger partial charge in [0, 0.05) is 18.2 Å². The van der Waals surface area contributed by atoms with E-state index < -0.39 is 0 Å². The first-order chi connectivity index (χ1) is 12.1. The fourth-order valence-electron chi connectivity index (χ4n) is 3.45. The van der Waals surface area contributed by atoms with Gasteiger partial charge in [-0.15, -0.1) is 11.3 Å². The molecule has 0 bridgehead atoms. The quantitative estimate of drug-likeness (QED) is 0.853. The summed E-state index contributed by atoms with van der Waals surface area (Å²) in [6.45, 7) is 9.18. The van der Waals surface area contributed by atoms with Crippen LogP contribution in [0.1, 0.15) is 47.6 Å². The molecule has 2 heterocycles. The number of hydrogen-bond donors (Lipinski definition) is 1. The normalized spacial score (nSPS) is 17.8. The number of amides is 1. The fraction of sp³-hybridized carbons (Fsp3) is 0.500. The zero-order valence-electron chi connectivity index (χ0n) is 15.3. The predicted octanol–water partition coefficient (Wildman–Crippen LogP) is 3.90. The van der Waals surface area contributed by atoms with Gasteiger partial charge in [0.1, 0.15) is 9.88 Å². The van der Waals surface area contributed by atoms with Gasteiger partial charge in [0.25, 0.3) is 5.91 Å². The minimum absolute atomic E-state index is 0.00869. The van der Waals surface area contributed by atoms with E-state index in [4.69, 9.17) is 0 Å². The maximum absolute atomic E-state index is 12.6. The molecule has 0 radical (unpaired) electrons. The van der Waals surface area contributed by atoms with Crippen LogP contribution in [0.5, 0.6) is 0 Å². The van der Waals surface area contributed by atoms with Crippen molar-refractivity contribution in [1.82, 2.24) is 15.2 Å². The Balaban J connectivity index is 1.67. The van der Waals surface area contributed by atoms with Crippen molar-refractivity contribution in [3.8, 4) is 10.6 Å². The lowest BCUT2D eigenvalue weighted by Gasteiger charge is -2.22. The third-order valence-electron chi connectivity index (χ3n) is 5.02. The van der Waals surface area contributed by atoms with E-state index in [0.717, 1.165) is 47.2 Å². The van der Waals surface area contributed by atoms with Crippen molar-refractivity contribution in [3.05, 3.63) is 40.4 Å². The maximum Gasteiger partial charge on any atom is 0.263 e. The molecule has 25 heavy (non-hydrogen) atoms. The molecule has 5 heteroatoms. The van der Waals surface area contributed by atoms with Crippen molar-refractivity contribution in [2.75, 3.05) is 19.6 Å². The number of hydrogen-bond acceptors (Lipinski definition) is 4. The van der Waals surface area contributed by atoms with Gasteiger partial charge < -0.3 is 5.32 Å². The second-order valence-electron chi connectivity index (χ2n) is 6.62. The van der Waals surface area contributed by atoms with Gasteiger partial charge in [-0.3, -0.25) is 9.69 Å². The topological polar surface area (TPSA) is 45.2 Å². The summed E-state index contributed by atoms with van der Waals surface area (Å²) in [5.41, 5.74) is 3.21. The van der Waals surface area contributed by atoms with Gasteiger partial charge in [-0.05, 0) is 44.8 Å². The Kier molecular flexibility index (Phi) is 5.86. The van der Waals surface area contributed by atoms with Crippen LogP contribution in [0.4, 0.5) is 0 Å². The second kappa shape index (κ2) is 8.11. The Labute approximate surface area is 154 Å². The zero-order chi connectivity index (χ0) is 17.8. The molecule has 1 atom stereocenters. The monoisotopic (exact) mass is 357 g/mol. The molecule has 1 amide bonds. The second-order valence-corrected chi connectivity index (χ2v) is 7.62. The molecule has 0 saturated carbocycles. The number of carbonyl (C=O) groups excluding carboxylic acids is 1. The minimum Gasteiger partial charge on any atom is -0.350 e. The number of nitrogens with one attached hydrogen (secondary N) is 1. The van der Waals surface area contributed by atoms with Gasteiger partial charge in [-0.25, -0.2) is 4.98 Å². The Morgan fingerprint density at radius 2 is 2.08 bits per heavy atom. The van der Waals surface area contributed by atoms with E-state index in [2.05, 4.69) is 53.3 Å².